The predicted molar refractivity (Wildman–Crippen MR) is 58.7 cm³/mol. The lowest BCUT2D eigenvalue weighted by Gasteiger charge is -1.93. The van der Waals surface area contributed by atoms with Crippen molar-refractivity contribution in [3.63, 3.8) is 0 Å². The van der Waals surface area contributed by atoms with Crippen molar-refractivity contribution in [3.8, 4) is 10.4 Å². The van der Waals surface area contributed by atoms with Gasteiger partial charge in [0.15, 0.2) is 10.3 Å². The highest BCUT2D eigenvalue weighted by Crippen LogP contribution is 2.28. The van der Waals surface area contributed by atoms with Crippen molar-refractivity contribution in [1.29, 1.82) is 0 Å². The molecule has 0 aliphatic rings. The van der Waals surface area contributed by atoms with E-state index in [1.807, 2.05) is 11.4 Å². The second-order valence-corrected chi connectivity index (χ2v) is 4.80. The Bertz CT molecular complexity index is 436. The number of nitro benzene ring substituents is 1. The second-order valence-electron chi connectivity index (χ2n) is 2.65. The Morgan fingerprint density at radius 1 is 1.21 bits per heavy atom. The lowest BCUT2D eigenvalue weighted by molar-refractivity contribution is -0.384. The van der Waals surface area contributed by atoms with Gasteiger partial charge in [-0.05, 0) is 17.7 Å². The molecule has 0 radical (unpaired) electrons. The van der Waals surface area contributed by atoms with Crippen LogP contribution in [0.4, 0.5) is 5.69 Å². The van der Waals surface area contributed by atoms with Crippen LogP contribution in [0, 0.1) is 10.1 Å². The molecule has 2 aromatic rings. The minimum absolute atomic E-state index is 0.133. The molecule has 0 atom stereocenters. The largest absolute Gasteiger partial charge is 0.292 e. The van der Waals surface area contributed by atoms with Crippen molar-refractivity contribution in [2.45, 2.75) is 0 Å². The third kappa shape index (κ3) is 1.78. The van der Waals surface area contributed by atoms with Crippen LogP contribution in [-0.2, 0) is 0 Å². The highest BCUT2D eigenvalue weighted by atomic mass is 32.9. The standard InChI is InChI=1S/C9H6NO2S2/c11-10(12)8-3-1-7(2-4-8)9-5-6-13-14-9/h1-6H/q+1. The molecule has 0 aliphatic heterocycles. The van der Waals surface area contributed by atoms with Gasteiger partial charge >= 0.3 is 0 Å². The quantitative estimate of drug-likeness (QED) is 0.338. The number of benzene rings is 1. The summed E-state index contributed by atoms with van der Waals surface area (Å²) >= 11 is 0. The average molecular weight is 224 g/mol. The van der Waals surface area contributed by atoms with E-state index in [9.17, 15) is 10.1 Å². The Morgan fingerprint density at radius 2 is 1.93 bits per heavy atom. The lowest BCUT2D eigenvalue weighted by atomic mass is 10.2. The zero-order valence-corrected chi connectivity index (χ0v) is 8.68. The predicted octanol–water partition coefficient (Wildman–Crippen LogP) is 3.67. The summed E-state index contributed by atoms with van der Waals surface area (Å²) in [6.07, 6.45) is 0. The van der Waals surface area contributed by atoms with Gasteiger partial charge in [-0.15, -0.1) is 0 Å². The van der Waals surface area contributed by atoms with Gasteiger partial charge in [-0.2, -0.15) is 0 Å². The second kappa shape index (κ2) is 3.81. The molecular weight excluding hydrogens is 218 g/mol. The molecule has 0 saturated carbocycles. The zero-order chi connectivity index (χ0) is 9.97. The number of nitro groups is 1. The fourth-order valence-corrected chi connectivity index (χ4v) is 2.98. The van der Waals surface area contributed by atoms with E-state index < -0.39 is 0 Å². The van der Waals surface area contributed by atoms with Crippen LogP contribution in [0.2, 0.25) is 0 Å². The smallest absolute Gasteiger partial charge is 0.258 e. The van der Waals surface area contributed by atoms with E-state index in [-0.39, 0.29) is 10.6 Å². The molecule has 70 valence electrons. The molecule has 0 N–H and O–H groups in total. The van der Waals surface area contributed by atoms with Crippen LogP contribution in [-0.4, -0.2) is 4.92 Å². The van der Waals surface area contributed by atoms with Gasteiger partial charge in [-0.25, -0.2) is 0 Å². The molecular formula is C9H6NO2S2+. The van der Waals surface area contributed by atoms with Crippen molar-refractivity contribution in [1.82, 2.24) is 0 Å². The minimum Gasteiger partial charge on any atom is -0.258 e. The Hall–Kier alpha value is -1.33. The van der Waals surface area contributed by atoms with Crippen LogP contribution in [0.15, 0.2) is 35.7 Å². The molecule has 0 bridgehead atoms. The van der Waals surface area contributed by atoms with Gasteiger partial charge in [0, 0.05) is 18.2 Å². The summed E-state index contributed by atoms with van der Waals surface area (Å²) < 4.78 is 0. The van der Waals surface area contributed by atoms with Crippen molar-refractivity contribution in [3.05, 3.63) is 45.8 Å². The average Bonchev–Trinajstić information content (AvgIpc) is 2.71. The van der Waals surface area contributed by atoms with Gasteiger partial charge in [-0.3, -0.25) is 10.1 Å². The topological polar surface area (TPSA) is 43.1 Å². The van der Waals surface area contributed by atoms with E-state index in [2.05, 4.69) is 0 Å². The van der Waals surface area contributed by atoms with Crippen LogP contribution < -0.4 is 0 Å². The summed E-state index contributed by atoms with van der Waals surface area (Å²) in [5, 5.41) is 12.4. The summed E-state index contributed by atoms with van der Waals surface area (Å²) in [5.74, 6) is 0. The zero-order valence-electron chi connectivity index (χ0n) is 7.04. The molecule has 0 saturated heterocycles. The van der Waals surface area contributed by atoms with E-state index >= 15 is 0 Å². The van der Waals surface area contributed by atoms with Crippen LogP contribution in [0.3, 0.4) is 0 Å². The maximum Gasteiger partial charge on any atom is 0.292 e. The molecule has 5 heteroatoms. The normalized spacial score (nSPS) is 10.0. The summed E-state index contributed by atoms with van der Waals surface area (Å²) in [5.41, 5.74) is 1.16. The van der Waals surface area contributed by atoms with E-state index in [0.29, 0.717) is 0 Å². The SMILES string of the molecule is O=[N+]([O-])c1ccc(-c2cc[s+]s2)cc1. The fourth-order valence-electron chi connectivity index (χ4n) is 1.09. The fraction of sp³-hybridized carbons (Fsp3) is 0. The highest BCUT2D eigenvalue weighted by Gasteiger charge is 2.08. The van der Waals surface area contributed by atoms with Crippen LogP contribution >= 0.6 is 20.7 Å². The van der Waals surface area contributed by atoms with Crippen molar-refractivity contribution in [2.24, 2.45) is 0 Å². The summed E-state index contributed by atoms with van der Waals surface area (Å²) in [4.78, 5) is 11.2. The maximum absolute atomic E-state index is 10.4. The molecule has 3 nitrogen and oxygen atoms in total. The van der Waals surface area contributed by atoms with Crippen LogP contribution in [0.25, 0.3) is 10.4 Å². The number of hydrogen-bond acceptors (Lipinski definition) is 3. The summed E-state index contributed by atoms with van der Waals surface area (Å²) in [6, 6.07) is 8.61. The molecule has 2 rings (SSSR count). The number of rotatable bonds is 2. The monoisotopic (exact) mass is 224 g/mol. The third-order valence-corrected chi connectivity index (χ3v) is 3.83. The van der Waals surface area contributed by atoms with Crippen molar-refractivity contribution in [2.75, 3.05) is 0 Å². The Labute approximate surface area is 87.8 Å². The molecule has 0 spiro atoms. The van der Waals surface area contributed by atoms with Crippen LogP contribution in [0.1, 0.15) is 0 Å². The molecule has 1 aromatic heterocycles. The van der Waals surface area contributed by atoms with Gasteiger partial charge in [0.2, 0.25) is 5.38 Å². The number of nitrogens with zero attached hydrogens (tertiary/aromatic N) is 1. The van der Waals surface area contributed by atoms with Crippen molar-refractivity contribution < 1.29 is 4.92 Å². The summed E-state index contributed by atoms with van der Waals surface area (Å²) in [7, 11) is 3.31. The van der Waals surface area contributed by atoms with Crippen molar-refractivity contribution >= 4 is 26.4 Å². The molecule has 14 heavy (non-hydrogen) atoms. The Kier molecular flexibility index (Phi) is 2.51. The maximum atomic E-state index is 10.4. The van der Waals surface area contributed by atoms with E-state index in [0.717, 1.165) is 10.4 Å². The summed E-state index contributed by atoms with van der Waals surface area (Å²) in [6.45, 7) is 0. The van der Waals surface area contributed by atoms with Gasteiger partial charge in [0.05, 0.1) is 9.80 Å². The van der Waals surface area contributed by atoms with E-state index in [4.69, 9.17) is 0 Å². The lowest BCUT2D eigenvalue weighted by Crippen LogP contribution is -1.86. The molecule has 1 aromatic carbocycles. The number of hydrogen-bond donors (Lipinski definition) is 0. The first kappa shape index (κ1) is 9.23. The Morgan fingerprint density at radius 3 is 2.43 bits per heavy atom. The molecule has 0 fully saturated rings. The molecule has 0 aliphatic carbocycles. The highest BCUT2D eigenvalue weighted by molar-refractivity contribution is 7.70. The van der Waals surface area contributed by atoms with Gasteiger partial charge in [-0.1, -0.05) is 0 Å². The van der Waals surface area contributed by atoms with E-state index in [1.165, 1.54) is 12.1 Å². The van der Waals surface area contributed by atoms with Crippen LogP contribution in [0.5, 0.6) is 0 Å². The molecule has 0 amide bonds. The third-order valence-electron chi connectivity index (χ3n) is 1.78. The molecule has 0 unspecified atom stereocenters. The molecule has 1 heterocycles. The first-order valence-electron chi connectivity index (χ1n) is 3.89. The minimum atomic E-state index is -0.388. The van der Waals surface area contributed by atoms with Gasteiger partial charge in [0.25, 0.3) is 16.0 Å². The first-order valence-corrected chi connectivity index (χ1v) is 6.10. The Balaban J connectivity index is 2.36. The van der Waals surface area contributed by atoms with Gasteiger partial charge < -0.3 is 0 Å². The first-order chi connectivity index (χ1) is 6.77. The van der Waals surface area contributed by atoms with E-state index in [1.54, 1.807) is 32.8 Å². The number of non-ortho nitro benzene ring substituents is 1. The van der Waals surface area contributed by atoms with Gasteiger partial charge in [0.1, 0.15) is 0 Å².